The second-order valence-electron chi connectivity index (χ2n) is 12.2. The SMILES string of the molecule is CN(C)C(c1cccc(F)c1)C1CCC(CCNC(=O)CC2c3ccccc3CCN2S(=O)(=O)c2ccc(Cl)c(Cl)c2)CC1. The molecule has 1 fully saturated rings. The molecule has 1 N–H and O–H groups in total. The van der Waals surface area contributed by atoms with Crippen molar-refractivity contribution in [2.75, 3.05) is 27.2 Å². The average molecular weight is 661 g/mol. The van der Waals surface area contributed by atoms with E-state index >= 15 is 0 Å². The molecule has 10 heteroatoms. The van der Waals surface area contributed by atoms with Crippen LogP contribution < -0.4 is 5.32 Å². The number of carbonyl (C=O) groups excluding carboxylic acids is 1. The molecule has 0 spiro atoms. The Kier molecular flexibility index (Phi) is 10.7. The van der Waals surface area contributed by atoms with Gasteiger partial charge in [-0.3, -0.25) is 4.79 Å². The Morgan fingerprint density at radius 1 is 1.00 bits per heavy atom. The number of amides is 1. The highest BCUT2D eigenvalue weighted by Gasteiger charge is 2.38. The van der Waals surface area contributed by atoms with Gasteiger partial charge in [-0.25, -0.2) is 12.8 Å². The summed E-state index contributed by atoms with van der Waals surface area (Å²) in [5.41, 5.74) is 2.92. The first kappa shape index (κ1) is 32.9. The molecule has 1 heterocycles. The minimum absolute atomic E-state index is 0.0302. The molecular formula is C34H40Cl2FN3O3S. The molecule has 2 unspecified atom stereocenters. The summed E-state index contributed by atoms with van der Waals surface area (Å²) >= 11 is 12.2. The number of nitrogens with one attached hydrogen (secondary N) is 1. The molecule has 0 aromatic heterocycles. The van der Waals surface area contributed by atoms with Crippen LogP contribution in [0.15, 0.2) is 71.6 Å². The molecule has 3 aromatic rings. The largest absolute Gasteiger partial charge is 0.356 e. The predicted octanol–water partition coefficient (Wildman–Crippen LogP) is 7.43. The van der Waals surface area contributed by atoms with Crippen molar-refractivity contribution in [1.29, 1.82) is 0 Å². The second-order valence-corrected chi connectivity index (χ2v) is 14.9. The molecule has 236 valence electrons. The average Bonchev–Trinajstić information content (AvgIpc) is 2.99. The van der Waals surface area contributed by atoms with Gasteiger partial charge in [-0.2, -0.15) is 4.31 Å². The van der Waals surface area contributed by atoms with Crippen LogP contribution >= 0.6 is 23.2 Å². The highest BCUT2D eigenvalue weighted by molar-refractivity contribution is 7.89. The summed E-state index contributed by atoms with van der Waals surface area (Å²) in [5.74, 6) is 0.579. The van der Waals surface area contributed by atoms with E-state index in [-0.39, 0.29) is 45.7 Å². The van der Waals surface area contributed by atoms with Gasteiger partial charge in [0.05, 0.1) is 21.0 Å². The quantitative estimate of drug-likeness (QED) is 0.246. The van der Waals surface area contributed by atoms with Gasteiger partial charge in [0.25, 0.3) is 0 Å². The molecule has 2 aliphatic rings. The number of nitrogens with zero attached hydrogens (tertiary/aromatic N) is 2. The Hall–Kier alpha value is -2.49. The van der Waals surface area contributed by atoms with E-state index in [2.05, 4.69) is 24.3 Å². The summed E-state index contributed by atoms with van der Waals surface area (Å²) in [6.07, 6.45) is 5.69. The van der Waals surface area contributed by atoms with E-state index in [1.165, 1.54) is 28.6 Å². The smallest absolute Gasteiger partial charge is 0.243 e. The molecule has 5 rings (SSSR count). The number of sulfonamides is 1. The molecule has 1 amide bonds. The fourth-order valence-electron chi connectivity index (χ4n) is 7.04. The molecule has 0 bridgehead atoms. The van der Waals surface area contributed by atoms with Crippen molar-refractivity contribution in [3.63, 3.8) is 0 Å². The Morgan fingerprint density at radius 3 is 2.45 bits per heavy atom. The highest BCUT2D eigenvalue weighted by Crippen LogP contribution is 2.41. The lowest BCUT2D eigenvalue weighted by molar-refractivity contribution is -0.122. The normalized spacial score (nSPS) is 21.5. The van der Waals surface area contributed by atoms with Crippen LogP contribution in [0.25, 0.3) is 0 Å². The van der Waals surface area contributed by atoms with Gasteiger partial charge >= 0.3 is 0 Å². The summed E-state index contributed by atoms with van der Waals surface area (Å²) in [5, 5.41) is 3.52. The van der Waals surface area contributed by atoms with E-state index in [4.69, 9.17) is 23.2 Å². The maximum absolute atomic E-state index is 13.9. The van der Waals surface area contributed by atoms with E-state index < -0.39 is 16.1 Å². The minimum atomic E-state index is -3.93. The van der Waals surface area contributed by atoms with Crippen molar-refractivity contribution in [3.8, 4) is 0 Å². The van der Waals surface area contributed by atoms with Gasteiger partial charge in [0.1, 0.15) is 5.82 Å². The standard InChI is InChI=1S/C34H40Cl2FN3O3S/c1-39(2)34(26-7-5-8-27(37)20-26)25-12-10-23(11-13-25)16-18-38-33(41)22-32-29-9-4-3-6-24(29)17-19-40(32)44(42,43)28-14-15-30(35)31(36)21-28/h3-9,14-15,20-21,23,25,32,34H,10-13,16-19,22H2,1-2H3,(H,38,41). The second kappa shape index (κ2) is 14.3. The zero-order chi connectivity index (χ0) is 31.4. The molecule has 1 aliphatic carbocycles. The third-order valence-corrected chi connectivity index (χ3v) is 11.8. The molecule has 0 radical (unpaired) electrons. The van der Waals surface area contributed by atoms with Gasteiger partial charge < -0.3 is 10.2 Å². The lowest BCUT2D eigenvalue weighted by Crippen LogP contribution is -2.42. The Morgan fingerprint density at radius 2 is 1.75 bits per heavy atom. The molecular weight excluding hydrogens is 620 g/mol. The predicted molar refractivity (Wildman–Crippen MR) is 174 cm³/mol. The van der Waals surface area contributed by atoms with Crippen molar-refractivity contribution >= 4 is 39.1 Å². The first-order valence-corrected chi connectivity index (χ1v) is 17.5. The number of carbonyl (C=O) groups is 1. The number of rotatable bonds is 10. The topological polar surface area (TPSA) is 69.7 Å². The molecule has 2 atom stereocenters. The fourth-order valence-corrected chi connectivity index (χ4v) is 9.03. The minimum Gasteiger partial charge on any atom is -0.356 e. The number of benzene rings is 3. The molecule has 1 saturated carbocycles. The Bertz CT molecular complexity index is 1580. The highest BCUT2D eigenvalue weighted by atomic mass is 35.5. The summed E-state index contributed by atoms with van der Waals surface area (Å²) in [6, 6.07) is 18.5. The Labute approximate surface area is 270 Å². The number of fused-ring (bicyclic) bond motifs is 1. The van der Waals surface area contributed by atoms with E-state index in [1.54, 1.807) is 12.1 Å². The van der Waals surface area contributed by atoms with Gasteiger partial charge in [-0.15, -0.1) is 0 Å². The summed E-state index contributed by atoms with van der Waals surface area (Å²) in [6.45, 7) is 0.813. The molecule has 44 heavy (non-hydrogen) atoms. The van der Waals surface area contributed by atoms with Gasteiger partial charge in [0.2, 0.25) is 15.9 Å². The van der Waals surface area contributed by atoms with Crippen LogP contribution in [0, 0.1) is 17.7 Å². The van der Waals surface area contributed by atoms with Crippen LogP contribution in [0.5, 0.6) is 0 Å². The van der Waals surface area contributed by atoms with E-state index in [0.717, 1.165) is 48.8 Å². The Balaban J connectivity index is 1.19. The van der Waals surface area contributed by atoms with Crippen molar-refractivity contribution in [1.82, 2.24) is 14.5 Å². The first-order chi connectivity index (χ1) is 21.0. The van der Waals surface area contributed by atoms with Gasteiger partial charge in [-0.1, -0.05) is 72.4 Å². The molecule has 0 saturated heterocycles. The number of hydrogen-bond donors (Lipinski definition) is 1. The lowest BCUT2D eigenvalue weighted by Gasteiger charge is -2.38. The van der Waals surface area contributed by atoms with E-state index in [0.29, 0.717) is 24.8 Å². The van der Waals surface area contributed by atoms with Crippen LogP contribution in [-0.4, -0.2) is 50.7 Å². The number of hydrogen-bond acceptors (Lipinski definition) is 4. The van der Waals surface area contributed by atoms with Gasteiger partial charge in [0.15, 0.2) is 0 Å². The van der Waals surface area contributed by atoms with E-state index in [9.17, 15) is 17.6 Å². The van der Waals surface area contributed by atoms with Crippen molar-refractivity contribution in [3.05, 3.63) is 99.3 Å². The van der Waals surface area contributed by atoms with Crippen LogP contribution in [0.4, 0.5) is 4.39 Å². The fraction of sp³-hybridized carbons (Fsp3) is 0.441. The summed E-state index contributed by atoms with van der Waals surface area (Å²) in [4.78, 5) is 15.5. The zero-order valence-corrected chi connectivity index (χ0v) is 27.5. The van der Waals surface area contributed by atoms with Crippen LogP contribution in [-0.2, 0) is 21.2 Å². The monoisotopic (exact) mass is 659 g/mol. The number of halogens is 3. The summed E-state index contributed by atoms with van der Waals surface area (Å²) in [7, 11) is 0.177. The van der Waals surface area contributed by atoms with Crippen molar-refractivity contribution in [2.24, 2.45) is 11.8 Å². The molecule has 3 aromatic carbocycles. The van der Waals surface area contributed by atoms with Crippen molar-refractivity contribution in [2.45, 2.75) is 61.9 Å². The van der Waals surface area contributed by atoms with E-state index in [1.807, 2.05) is 30.3 Å². The van der Waals surface area contributed by atoms with Crippen molar-refractivity contribution < 1.29 is 17.6 Å². The zero-order valence-electron chi connectivity index (χ0n) is 25.2. The van der Waals surface area contributed by atoms with Gasteiger partial charge in [-0.05, 0) is 98.6 Å². The third-order valence-electron chi connectivity index (χ3n) is 9.20. The molecule has 6 nitrogen and oxygen atoms in total. The van der Waals surface area contributed by atoms with Gasteiger partial charge in [0, 0.05) is 25.6 Å². The van der Waals surface area contributed by atoms with Crippen LogP contribution in [0.1, 0.15) is 67.3 Å². The third kappa shape index (κ3) is 7.48. The summed E-state index contributed by atoms with van der Waals surface area (Å²) < 4.78 is 42.9. The lowest BCUT2D eigenvalue weighted by atomic mass is 9.75. The maximum Gasteiger partial charge on any atom is 0.243 e. The van der Waals surface area contributed by atoms with Crippen LogP contribution in [0.2, 0.25) is 10.0 Å². The first-order valence-electron chi connectivity index (χ1n) is 15.3. The maximum atomic E-state index is 13.9. The molecule has 1 aliphatic heterocycles. The van der Waals surface area contributed by atoms with Crippen LogP contribution in [0.3, 0.4) is 0 Å².